The van der Waals surface area contributed by atoms with E-state index < -0.39 is 0 Å². The van der Waals surface area contributed by atoms with Gasteiger partial charge in [0.15, 0.2) is 11.5 Å². The fraction of sp³-hybridized carbons (Fsp3) is 0.235. The number of nitrogens with one attached hydrogen (secondary N) is 1. The van der Waals surface area contributed by atoms with Crippen LogP contribution >= 0.6 is 11.6 Å². The predicted octanol–water partition coefficient (Wildman–Crippen LogP) is 4.23. The SMILES string of the molecule is COc1cc(C(=O)Nc2cccc(C)c2C)cc(Cl)c1OC. The molecule has 2 rings (SSSR count). The highest BCUT2D eigenvalue weighted by atomic mass is 35.5. The van der Waals surface area contributed by atoms with Gasteiger partial charge in [-0.25, -0.2) is 0 Å². The first-order valence-corrected chi connectivity index (χ1v) is 7.14. The van der Waals surface area contributed by atoms with Crippen molar-refractivity contribution in [3.05, 3.63) is 52.0 Å². The normalized spacial score (nSPS) is 10.2. The molecule has 0 radical (unpaired) electrons. The minimum absolute atomic E-state index is 0.253. The Morgan fingerprint density at radius 2 is 1.86 bits per heavy atom. The molecule has 116 valence electrons. The Kier molecular flexibility index (Phi) is 4.93. The maximum atomic E-state index is 12.4. The Labute approximate surface area is 135 Å². The number of hydrogen-bond acceptors (Lipinski definition) is 3. The van der Waals surface area contributed by atoms with Crippen molar-refractivity contribution in [3.8, 4) is 11.5 Å². The van der Waals surface area contributed by atoms with Crippen LogP contribution in [0.25, 0.3) is 0 Å². The summed E-state index contributed by atoms with van der Waals surface area (Å²) in [7, 11) is 3.00. The number of amides is 1. The maximum absolute atomic E-state index is 12.4. The molecule has 5 heteroatoms. The molecule has 0 bridgehead atoms. The lowest BCUT2D eigenvalue weighted by atomic mass is 10.1. The molecule has 0 fully saturated rings. The molecule has 1 N–H and O–H groups in total. The molecule has 0 saturated heterocycles. The summed E-state index contributed by atoms with van der Waals surface area (Å²) >= 11 is 6.13. The summed E-state index contributed by atoms with van der Waals surface area (Å²) in [5.74, 6) is 0.574. The fourth-order valence-corrected chi connectivity index (χ4v) is 2.42. The average molecular weight is 320 g/mol. The van der Waals surface area contributed by atoms with E-state index in [1.807, 2.05) is 32.0 Å². The van der Waals surface area contributed by atoms with E-state index in [1.165, 1.54) is 14.2 Å². The van der Waals surface area contributed by atoms with Gasteiger partial charge in [0.1, 0.15) is 0 Å². The number of methoxy groups -OCH3 is 2. The largest absolute Gasteiger partial charge is 0.493 e. The molecule has 0 atom stereocenters. The number of anilines is 1. The zero-order valence-corrected chi connectivity index (χ0v) is 13.7. The van der Waals surface area contributed by atoms with Gasteiger partial charge in [0.2, 0.25) is 0 Å². The zero-order chi connectivity index (χ0) is 16.3. The Morgan fingerprint density at radius 3 is 2.50 bits per heavy atom. The predicted molar refractivity (Wildman–Crippen MR) is 88.4 cm³/mol. The molecule has 0 aliphatic rings. The van der Waals surface area contributed by atoms with E-state index in [0.29, 0.717) is 22.1 Å². The van der Waals surface area contributed by atoms with Crippen LogP contribution in [0.2, 0.25) is 5.02 Å². The fourth-order valence-electron chi connectivity index (χ4n) is 2.13. The third-order valence-corrected chi connectivity index (χ3v) is 3.83. The minimum Gasteiger partial charge on any atom is -0.493 e. The maximum Gasteiger partial charge on any atom is 0.255 e. The lowest BCUT2D eigenvalue weighted by Crippen LogP contribution is -2.13. The number of benzene rings is 2. The Morgan fingerprint density at radius 1 is 1.14 bits per heavy atom. The highest BCUT2D eigenvalue weighted by molar-refractivity contribution is 6.32. The molecule has 0 aliphatic heterocycles. The Hall–Kier alpha value is -2.20. The van der Waals surface area contributed by atoms with Gasteiger partial charge in [0, 0.05) is 11.3 Å². The molecule has 0 heterocycles. The molecule has 4 nitrogen and oxygen atoms in total. The van der Waals surface area contributed by atoms with E-state index in [1.54, 1.807) is 12.1 Å². The number of ether oxygens (including phenoxy) is 2. The van der Waals surface area contributed by atoms with Crippen LogP contribution in [0.4, 0.5) is 5.69 Å². The van der Waals surface area contributed by atoms with Crippen LogP contribution in [0.5, 0.6) is 11.5 Å². The smallest absolute Gasteiger partial charge is 0.255 e. The number of carbonyl (C=O) groups is 1. The molecule has 2 aromatic carbocycles. The van der Waals surface area contributed by atoms with Gasteiger partial charge in [-0.15, -0.1) is 0 Å². The lowest BCUT2D eigenvalue weighted by Gasteiger charge is -2.13. The van der Waals surface area contributed by atoms with Crippen molar-refractivity contribution in [2.24, 2.45) is 0 Å². The topological polar surface area (TPSA) is 47.6 Å². The van der Waals surface area contributed by atoms with E-state index >= 15 is 0 Å². The van der Waals surface area contributed by atoms with E-state index in [9.17, 15) is 4.79 Å². The van der Waals surface area contributed by atoms with Crippen molar-refractivity contribution >= 4 is 23.2 Å². The number of halogens is 1. The molecular formula is C17H18ClNO3. The standard InChI is InChI=1S/C17H18ClNO3/c1-10-6-5-7-14(11(10)2)19-17(20)12-8-13(18)16(22-4)15(9-12)21-3/h5-9H,1-4H3,(H,19,20). The second-order valence-electron chi connectivity index (χ2n) is 4.90. The van der Waals surface area contributed by atoms with Crippen molar-refractivity contribution in [2.75, 3.05) is 19.5 Å². The van der Waals surface area contributed by atoms with Gasteiger partial charge in [0.25, 0.3) is 5.91 Å². The summed E-state index contributed by atoms with van der Waals surface area (Å²) in [6.45, 7) is 3.96. The second-order valence-corrected chi connectivity index (χ2v) is 5.30. The van der Waals surface area contributed by atoms with Gasteiger partial charge in [-0.05, 0) is 43.2 Å². The summed E-state index contributed by atoms with van der Waals surface area (Å²) < 4.78 is 10.4. The first-order chi connectivity index (χ1) is 10.5. The van der Waals surface area contributed by atoms with Crippen LogP contribution < -0.4 is 14.8 Å². The summed E-state index contributed by atoms with van der Waals surface area (Å²) in [6, 6.07) is 8.93. The molecule has 0 saturated carbocycles. The Balaban J connectivity index is 2.34. The van der Waals surface area contributed by atoms with Gasteiger partial charge >= 0.3 is 0 Å². The number of hydrogen-bond donors (Lipinski definition) is 1. The monoisotopic (exact) mass is 319 g/mol. The van der Waals surface area contributed by atoms with Gasteiger partial charge < -0.3 is 14.8 Å². The summed E-state index contributed by atoms with van der Waals surface area (Å²) in [5.41, 5.74) is 3.32. The van der Waals surface area contributed by atoms with E-state index in [0.717, 1.165) is 16.8 Å². The van der Waals surface area contributed by atoms with Crippen molar-refractivity contribution < 1.29 is 14.3 Å². The first-order valence-electron chi connectivity index (χ1n) is 6.77. The van der Waals surface area contributed by atoms with Crippen LogP contribution in [-0.2, 0) is 0 Å². The quantitative estimate of drug-likeness (QED) is 0.917. The Bertz CT molecular complexity index is 713. The first kappa shape index (κ1) is 16.2. The molecule has 1 amide bonds. The third-order valence-electron chi connectivity index (χ3n) is 3.55. The number of rotatable bonds is 4. The van der Waals surface area contributed by atoms with Gasteiger partial charge in [-0.2, -0.15) is 0 Å². The van der Waals surface area contributed by atoms with Crippen molar-refractivity contribution in [3.63, 3.8) is 0 Å². The molecular weight excluding hydrogens is 302 g/mol. The zero-order valence-electron chi connectivity index (χ0n) is 13.0. The van der Waals surface area contributed by atoms with E-state index in [4.69, 9.17) is 21.1 Å². The average Bonchev–Trinajstić information content (AvgIpc) is 2.50. The van der Waals surface area contributed by atoms with Crippen molar-refractivity contribution in [1.82, 2.24) is 0 Å². The van der Waals surface area contributed by atoms with Crippen LogP contribution in [0.15, 0.2) is 30.3 Å². The second kappa shape index (κ2) is 6.71. The van der Waals surface area contributed by atoms with Gasteiger partial charge in [-0.1, -0.05) is 23.7 Å². The molecule has 22 heavy (non-hydrogen) atoms. The highest BCUT2D eigenvalue weighted by Crippen LogP contribution is 2.36. The van der Waals surface area contributed by atoms with Crippen LogP contribution in [0.3, 0.4) is 0 Å². The van der Waals surface area contributed by atoms with Crippen LogP contribution in [0, 0.1) is 13.8 Å². The third kappa shape index (κ3) is 3.17. The van der Waals surface area contributed by atoms with Crippen LogP contribution in [-0.4, -0.2) is 20.1 Å². The molecule has 0 spiro atoms. The van der Waals surface area contributed by atoms with E-state index in [-0.39, 0.29) is 5.91 Å². The van der Waals surface area contributed by atoms with Crippen molar-refractivity contribution in [1.29, 1.82) is 0 Å². The summed E-state index contributed by atoms with van der Waals surface area (Å²) in [4.78, 5) is 12.4. The van der Waals surface area contributed by atoms with Gasteiger partial charge in [0.05, 0.1) is 19.2 Å². The molecule has 2 aromatic rings. The molecule has 0 aromatic heterocycles. The molecule has 0 unspecified atom stereocenters. The molecule has 0 aliphatic carbocycles. The van der Waals surface area contributed by atoms with Gasteiger partial charge in [-0.3, -0.25) is 4.79 Å². The van der Waals surface area contributed by atoms with E-state index in [2.05, 4.69) is 5.32 Å². The summed E-state index contributed by atoms with van der Waals surface area (Å²) in [6.07, 6.45) is 0. The highest BCUT2D eigenvalue weighted by Gasteiger charge is 2.16. The van der Waals surface area contributed by atoms with Crippen molar-refractivity contribution in [2.45, 2.75) is 13.8 Å². The number of carbonyl (C=O) groups excluding carboxylic acids is 1. The number of aryl methyl sites for hydroxylation is 1. The minimum atomic E-state index is -0.253. The lowest BCUT2D eigenvalue weighted by molar-refractivity contribution is 0.102. The summed E-state index contributed by atoms with van der Waals surface area (Å²) in [5, 5.41) is 3.22. The van der Waals surface area contributed by atoms with Crippen LogP contribution in [0.1, 0.15) is 21.5 Å².